The van der Waals surface area contributed by atoms with Crippen LogP contribution >= 0.6 is 0 Å². The Morgan fingerprint density at radius 3 is 2.31 bits per heavy atom. The van der Waals surface area contributed by atoms with Gasteiger partial charge in [0.15, 0.2) is 0 Å². The van der Waals surface area contributed by atoms with E-state index in [4.69, 9.17) is 6.42 Å². The highest BCUT2D eigenvalue weighted by Crippen LogP contribution is 2.19. The number of aryl methyl sites for hydroxylation is 2. The molecule has 13 heavy (non-hydrogen) atoms. The third-order valence-corrected chi connectivity index (χ3v) is 2.09. The fourth-order valence-corrected chi connectivity index (χ4v) is 1.30. The van der Waals surface area contributed by atoms with Crippen LogP contribution in [0.5, 0.6) is 0 Å². The summed E-state index contributed by atoms with van der Waals surface area (Å²) in [5.41, 5.74) is 3.64. The highest BCUT2D eigenvalue weighted by molar-refractivity contribution is 5.57. The minimum Gasteiger partial charge on any atom is -0.371 e. The lowest BCUT2D eigenvalue weighted by Gasteiger charge is -2.14. The smallest absolute Gasteiger partial charge is 0.0846 e. The quantitative estimate of drug-likeness (QED) is 0.678. The van der Waals surface area contributed by atoms with E-state index >= 15 is 0 Å². The molecule has 0 aliphatic heterocycles. The van der Waals surface area contributed by atoms with Crippen LogP contribution in [-0.2, 0) is 0 Å². The van der Waals surface area contributed by atoms with Gasteiger partial charge in [0.2, 0.25) is 0 Å². The molecule has 1 N–H and O–H groups in total. The number of rotatable bonds is 2. The minimum absolute atomic E-state index is 0.0831. The van der Waals surface area contributed by atoms with Gasteiger partial charge in [0, 0.05) is 5.69 Å². The van der Waals surface area contributed by atoms with E-state index in [0.29, 0.717) is 0 Å². The van der Waals surface area contributed by atoms with E-state index < -0.39 is 0 Å². The Balaban J connectivity index is 2.95. The predicted octanol–water partition coefficient (Wildman–Crippen LogP) is 2.74. The Morgan fingerprint density at radius 2 is 1.85 bits per heavy atom. The summed E-state index contributed by atoms with van der Waals surface area (Å²) in [6.45, 7) is 6.14. The van der Waals surface area contributed by atoms with Crippen molar-refractivity contribution in [3.63, 3.8) is 0 Å². The van der Waals surface area contributed by atoms with Gasteiger partial charge in [-0.2, -0.15) is 0 Å². The van der Waals surface area contributed by atoms with Crippen molar-refractivity contribution in [3.8, 4) is 12.3 Å². The molecule has 1 atom stereocenters. The zero-order chi connectivity index (χ0) is 9.84. The molecular formula is C12H15N. The van der Waals surface area contributed by atoms with Gasteiger partial charge in [-0.1, -0.05) is 24.1 Å². The molecule has 0 aliphatic carbocycles. The molecule has 1 aromatic carbocycles. The van der Waals surface area contributed by atoms with E-state index in [2.05, 4.69) is 43.3 Å². The third-order valence-electron chi connectivity index (χ3n) is 2.09. The molecule has 1 heteroatoms. The second-order valence-electron chi connectivity index (χ2n) is 3.30. The number of terminal acetylenes is 1. The first-order valence-corrected chi connectivity index (χ1v) is 4.44. The molecule has 1 nitrogen and oxygen atoms in total. The Labute approximate surface area is 80.2 Å². The van der Waals surface area contributed by atoms with Crippen molar-refractivity contribution in [2.24, 2.45) is 0 Å². The van der Waals surface area contributed by atoms with Gasteiger partial charge in [-0.15, -0.1) is 6.42 Å². The minimum atomic E-state index is 0.0831. The lowest BCUT2D eigenvalue weighted by Crippen LogP contribution is -2.13. The van der Waals surface area contributed by atoms with Crippen molar-refractivity contribution in [2.75, 3.05) is 5.32 Å². The second kappa shape index (κ2) is 4.00. The van der Waals surface area contributed by atoms with E-state index in [0.717, 1.165) is 5.69 Å². The van der Waals surface area contributed by atoms with Crippen molar-refractivity contribution < 1.29 is 0 Å². The Bertz CT molecular complexity index is 313. The fourth-order valence-electron chi connectivity index (χ4n) is 1.30. The first-order valence-electron chi connectivity index (χ1n) is 4.44. The molecule has 1 rings (SSSR count). The normalized spacial score (nSPS) is 11.8. The average molecular weight is 173 g/mol. The summed E-state index contributed by atoms with van der Waals surface area (Å²) in [5.74, 6) is 2.66. The van der Waals surface area contributed by atoms with Crippen LogP contribution in [-0.4, -0.2) is 6.04 Å². The van der Waals surface area contributed by atoms with Crippen molar-refractivity contribution in [2.45, 2.75) is 26.8 Å². The topological polar surface area (TPSA) is 12.0 Å². The third kappa shape index (κ3) is 2.26. The molecule has 0 heterocycles. The van der Waals surface area contributed by atoms with Crippen LogP contribution in [0.1, 0.15) is 18.1 Å². The first-order chi connectivity index (χ1) is 6.15. The number of nitrogens with one attached hydrogen (secondary N) is 1. The molecule has 0 fully saturated rings. The summed E-state index contributed by atoms with van der Waals surface area (Å²) in [7, 11) is 0. The number of hydrogen-bond donors (Lipinski definition) is 1. The maximum atomic E-state index is 5.31. The monoisotopic (exact) mass is 173 g/mol. The highest BCUT2D eigenvalue weighted by atomic mass is 14.9. The number of para-hydroxylation sites is 1. The molecule has 1 unspecified atom stereocenters. The molecule has 0 amide bonds. The zero-order valence-corrected chi connectivity index (χ0v) is 8.39. The Hall–Kier alpha value is -1.42. The molecule has 0 aliphatic rings. The van der Waals surface area contributed by atoms with Crippen LogP contribution in [0.2, 0.25) is 0 Å². The maximum absolute atomic E-state index is 5.31. The summed E-state index contributed by atoms with van der Waals surface area (Å²) < 4.78 is 0. The summed E-state index contributed by atoms with van der Waals surface area (Å²) in [4.78, 5) is 0. The van der Waals surface area contributed by atoms with Crippen LogP contribution < -0.4 is 5.32 Å². The van der Waals surface area contributed by atoms with Gasteiger partial charge >= 0.3 is 0 Å². The van der Waals surface area contributed by atoms with Crippen molar-refractivity contribution in [1.82, 2.24) is 0 Å². The van der Waals surface area contributed by atoms with Crippen LogP contribution in [0, 0.1) is 26.2 Å². The van der Waals surface area contributed by atoms with Crippen LogP contribution in [0.3, 0.4) is 0 Å². The largest absolute Gasteiger partial charge is 0.371 e. The van der Waals surface area contributed by atoms with E-state index in [9.17, 15) is 0 Å². The number of anilines is 1. The molecule has 0 saturated carbocycles. The summed E-state index contributed by atoms with van der Waals surface area (Å²) in [6.07, 6.45) is 5.31. The van der Waals surface area contributed by atoms with Crippen molar-refractivity contribution in [3.05, 3.63) is 29.3 Å². The first kappa shape index (κ1) is 9.67. The van der Waals surface area contributed by atoms with E-state index in [-0.39, 0.29) is 6.04 Å². The predicted molar refractivity (Wildman–Crippen MR) is 57.8 cm³/mol. The maximum Gasteiger partial charge on any atom is 0.0846 e. The van der Waals surface area contributed by atoms with Gasteiger partial charge < -0.3 is 5.32 Å². The highest BCUT2D eigenvalue weighted by Gasteiger charge is 2.03. The zero-order valence-electron chi connectivity index (χ0n) is 8.39. The SMILES string of the molecule is C#CC(C)Nc1c(C)cccc1C. The molecule has 0 bridgehead atoms. The van der Waals surface area contributed by atoms with Gasteiger partial charge in [0.25, 0.3) is 0 Å². The van der Waals surface area contributed by atoms with Gasteiger partial charge in [0.1, 0.15) is 0 Å². The van der Waals surface area contributed by atoms with Crippen LogP contribution in [0.4, 0.5) is 5.69 Å². The lowest BCUT2D eigenvalue weighted by molar-refractivity contribution is 1.02. The standard InChI is InChI=1S/C12H15N/c1-5-11(4)13-12-9(2)7-6-8-10(12)3/h1,6-8,11,13H,2-4H3. The van der Waals surface area contributed by atoms with E-state index in [1.54, 1.807) is 0 Å². The van der Waals surface area contributed by atoms with Gasteiger partial charge in [-0.3, -0.25) is 0 Å². The molecule has 0 radical (unpaired) electrons. The lowest BCUT2D eigenvalue weighted by atomic mass is 10.1. The van der Waals surface area contributed by atoms with E-state index in [1.165, 1.54) is 11.1 Å². The summed E-state index contributed by atoms with van der Waals surface area (Å²) >= 11 is 0. The van der Waals surface area contributed by atoms with Crippen LogP contribution in [0.25, 0.3) is 0 Å². The van der Waals surface area contributed by atoms with Gasteiger partial charge in [-0.05, 0) is 31.9 Å². The molecule has 0 spiro atoms. The van der Waals surface area contributed by atoms with Gasteiger partial charge in [0.05, 0.1) is 6.04 Å². The summed E-state index contributed by atoms with van der Waals surface area (Å²) in [6, 6.07) is 6.30. The number of benzene rings is 1. The average Bonchev–Trinajstić information content (AvgIpc) is 2.11. The van der Waals surface area contributed by atoms with Crippen molar-refractivity contribution in [1.29, 1.82) is 0 Å². The van der Waals surface area contributed by atoms with Gasteiger partial charge in [-0.25, -0.2) is 0 Å². The molecular weight excluding hydrogens is 158 g/mol. The molecule has 0 saturated heterocycles. The van der Waals surface area contributed by atoms with E-state index in [1.807, 2.05) is 6.92 Å². The van der Waals surface area contributed by atoms with Crippen LogP contribution in [0.15, 0.2) is 18.2 Å². The second-order valence-corrected chi connectivity index (χ2v) is 3.30. The molecule has 68 valence electrons. The Morgan fingerprint density at radius 1 is 1.31 bits per heavy atom. The molecule has 1 aromatic rings. The number of hydrogen-bond acceptors (Lipinski definition) is 1. The summed E-state index contributed by atoms with van der Waals surface area (Å²) in [5, 5.41) is 3.29. The molecule has 0 aromatic heterocycles. The van der Waals surface area contributed by atoms with Crippen molar-refractivity contribution >= 4 is 5.69 Å². The fraction of sp³-hybridized carbons (Fsp3) is 0.333. The Kier molecular flexibility index (Phi) is 2.97.